The van der Waals surface area contributed by atoms with Gasteiger partial charge in [0.1, 0.15) is 0 Å². The van der Waals surface area contributed by atoms with Gasteiger partial charge in [-0.1, -0.05) is 36.4 Å². The summed E-state index contributed by atoms with van der Waals surface area (Å²) in [6, 6.07) is 15.8. The molecule has 5 heteroatoms. The Bertz CT molecular complexity index is 845. The third kappa shape index (κ3) is 4.73. The lowest BCUT2D eigenvalue weighted by Crippen LogP contribution is -2.30. The van der Waals surface area contributed by atoms with Crippen molar-refractivity contribution in [1.82, 2.24) is 4.90 Å². The molecular formula is C23H27NO4. The van der Waals surface area contributed by atoms with Crippen molar-refractivity contribution in [2.24, 2.45) is 0 Å². The van der Waals surface area contributed by atoms with Crippen LogP contribution in [0.2, 0.25) is 0 Å². The lowest BCUT2D eigenvalue weighted by Gasteiger charge is -2.27. The number of carbonyl (C=O) groups is 1. The molecule has 0 amide bonds. The van der Waals surface area contributed by atoms with Crippen molar-refractivity contribution in [3.63, 3.8) is 0 Å². The van der Waals surface area contributed by atoms with Crippen molar-refractivity contribution in [3.8, 4) is 11.5 Å². The molecular weight excluding hydrogens is 354 g/mol. The molecule has 0 unspecified atom stereocenters. The molecule has 148 valence electrons. The first-order chi connectivity index (χ1) is 13.6. The third-order valence-corrected chi connectivity index (χ3v) is 4.98. The zero-order chi connectivity index (χ0) is 19.9. The van der Waals surface area contributed by atoms with E-state index in [4.69, 9.17) is 14.2 Å². The predicted molar refractivity (Wildman–Crippen MR) is 110 cm³/mol. The van der Waals surface area contributed by atoms with Gasteiger partial charge in [-0.2, -0.15) is 0 Å². The van der Waals surface area contributed by atoms with E-state index in [0.29, 0.717) is 30.9 Å². The van der Waals surface area contributed by atoms with Crippen molar-refractivity contribution in [2.75, 3.05) is 41.0 Å². The molecule has 28 heavy (non-hydrogen) atoms. The van der Waals surface area contributed by atoms with Gasteiger partial charge >= 0.3 is 5.97 Å². The fourth-order valence-electron chi connectivity index (χ4n) is 3.41. The largest absolute Gasteiger partial charge is 0.493 e. The highest BCUT2D eigenvalue weighted by Gasteiger charge is 2.23. The summed E-state index contributed by atoms with van der Waals surface area (Å²) in [5.41, 5.74) is 3.97. The lowest BCUT2D eigenvalue weighted by molar-refractivity contribution is -0.139. The van der Waals surface area contributed by atoms with Gasteiger partial charge in [-0.15, -0.1) is 0 Å². The normalized spacial score (nSPS) is 14.7. The van der Waals surface area contributed by atoms with E-state index in [-0.39, 0.29) is 5.97 Å². The summed E-state index contributed by atoms with van der Waals surface area (Å²) < 4.78 is 16.2. The Hall–Kier alpha value is -2.79. The standard InChI is InChI=1S/C23H27NO4/c1-24-13-11-19(20(16-24)18-7-5-4-6-8-18)23(25)28-14-12-17-9-10-21(26-2)22(15-17)27-3/h4-10,15H,11-14,16H2,1-3H3. The molecule has 2 aromatic rings. The Balaban J connectivity index is 1.68. The van der Waals surface area contributed by atoms with Crippen LogP contribution in [0, 0.1) is 0 Å². The highest BCUT2D eigenvalue weighted by atomic mass is 16.5. The molecule has 0 atom stereocenters. The molecule has 0 aromatic heterocycles. The molecule has 1 heterocycles. The molecule has 0 bridgehead atoms. The molecule has 1 aliphatic heterocycles. The van der Waals surface area contributed by atoms with Crippen molar-refractivity contribution >= 4 is 11.5 Å². The van der Waals surface area contributed by atoms with Crippen LogP contribution in [0.15, 0.2) is 54.1 Å². The average molecular weight is 381 g/mol. The maximum atomic E-state index is 12.8. The van der Waals surface area contributed by atoms with Crippen molar-refractivity contribution in [3.05, 3.63) is 65.2 Å². The van der Waals surface area contributed by atoms with Gasteiger partial charge in [0.25, 0.3) is 0 Å². The molecule has 1 aliphatic rings. The molecule has 0 aliphatic carbocycles. The van der Waals surface area contributed by atoms with Crippen LogP contribution in [0.1, 0.15) is 17.5 Å². The summed E-state index contributed by atoms with van der Waals surface area (Å²) in [4.78, 5) is 15.0. The number of carbonyl (C=O) groups excluding carboxylic acids is 1. The van der Waals surface area contributed by atoms with Crippen LogP contribution in [0.5, 0.6) is 11.5 Å². The second-order valence-corrected chi connectivity index (χ2v) is 6.89. The minimum absolute atomic E-state index is 0.215. The minimum Gasteiger partial charge on any atom is -0.493 e. The molecule has 2 aromatic carbocycles. The number of benzene rings is 2. The summed E-state index contributed by atoms with van der Waals surface area (Å²) in [6.45, 7) is 1.94. The predicted octanol–water partition coefficient (Wildman–Crippen LogP) is 3.58. The first-order valence-corrected chi connectivity index (χ1v) is 9.46. The summed E-state index contributed by atoms with van der Waals surface area (Å²) in [5, 5.41) is 0. The average Bonchev–Trinajstić information content (AvgIpc) is 2.74. The van der Waals surface area contributed by atoms with E-state index in [1.54, 1.807) is 14.2 Å². The van der Waals surface area contributed by atoms with E-state index >= 15 is 0 Å². The Morgan fingerprint density at radius 1 is 1.04 bits per heavy atom. The van der Waals surface area contributed by atoms with Crippen molar-refractivity contribution < 1.29 is 19.0 Å². The second kappa shape index (κ2) is 9.42. The van der Waals surface area contributed by atoms with E-state index in [0.717, 1.165) is 35.4 Å². The van der Waals surface area contributed by atoms with Crippen LogP contribution in [0.25, 0.3) is 5.57 Å². The van der Waals surface area contributed by atoms with Crippen molar-refractivity contribution in [2.45, 2.75) is 12.8 Å². The maximum absolute atomic E-state index is 12.8. The molecule has 0 radical (unpaired) electrons. The summed E-state index contributed by atoms with van der Waals surface area (Å²) >= 11 is 0. The number of hydrogen-bond donors (Lipinski definition) is 0. The summed E-state index contributed by atoms with van der Waals surface area (Å²) in [6.07, 6.45) is 1.33. The SMILES string of the molecule is COc1ccc(CCOC(=O)C2=C(c3ccccc3)CN(C)CC2)cc1OC. The monoisotopic (exact) mass is 381 g/mol. The van der Waals surface area contributed by atoms with Crippen LogP contribution in [-0.4, -0.2) is 51.8 Å². The van der Waals surface area contributed by atoms with E-state index < -0.39 is 0 Å². The smallest absolute Gasteiger partial charge is 0.334 e. The van der Waals surface area contributed by atoms with Crippen LogP contribution in [0.4, 0.5) is 0 Å². The van der Waals surface area contributed by atoms with Gasteiger partial charge in [-0.25, -0.2) is 4.79 Å². The molecule has 0 spiro atoms. The first-order valence-electron chi connectivity index (χ1n) is 9.46. The Morgan fingerprint density at radius 3 is 2.50 bits per heavy atom. The highest BCUT2D eigenvalue weighted by Crippen LogP contribution is 2.29. The number of nitrogens with zero attached hydrogens (tertiary/aromatic N) is 1. The van der Waals surface area contributed by atoms with Gasteiger partial charge in [0.05, 0.1) is 20.8 Å². The highest BCUT2D eigenvalue weighted by molar-refractivity contribution is 5.98. The number of rotatable bonds is 7. The number of methoxy groups -OCH3 is 2. The molecule has 0 fully saturated rings. The molecule has 0 saturated heterocycles. The molecule has 5 nitrogen and oxygen atoms in total. The van der Waals surface area contributed by atoms with Gasteiger partial charge in [0.2, 0.25) is 0 Å². The fourth-order valence-corrected chi connectivity index (χ4v) is 3.41. The molecule has 0 N–H and O–H groups in total. The Kier molecular flexibility index (Phi) is 6.71. The quantitative estimate of drug-likeness (QED) is 0.686. The Labute approximate surface area is 166 Å². The van der Waals surface area contributed by atoms with Crippen LogP contribution in [-0.2, 0) is 16.0 Å². The Morgan fingerprint density at radius 2 is 1.79 bits per heavy atom. The van der Waals surface area contributed by atoms with Gasteiger partial charge in [-0.3, -0.25) is 0 Å². The molecule has 3 rings (SSSR count). The van der Waals surface area contributed by atoms with Gasteiger partial charge in [0, 0.05) is 25.1 Å². The number of esters is 1. The van der Waals surface area contributed by atoms with Crippen LogP contribution < -0.4 is 9.47 Å². The van der Waals surface area contributed by atoms with Gasteiger partial charge < -0.3 is 19.1 Å². The van der Waals surface area contributed by atoms with E-state index in [9.17, 15) is 4.79 Å². The van der Waals surface area contributed by atoms with Crippen molar-refractivity contribution in [1.29, 1.82) is 0 Å². The zero-order valence-corrected chi connectivity index (χ0v) is 16.7. The fraction of sp³-hybridized carbons (Fsp3) is 0.348. The van der Waals surface area contributed by atoms with Crippen LogP contribution >= 0.6 is 0 Å². The zero-order valence-electron chi connectivity index (χ0n) is 16.7. The summed E-state index contributed by atoms with van der Waals surface area (Å²) in [5.74, 6) is 1.15. The number of likely N-dealkylation sites (N-methyl/N-ethyl adjacent to an activating group) is 1. The summed E-state index contributed by atoms with van der Waals surface area (Å²) in [7, 11) is 5.29. The minimum atomic E-state index is -0.215. The van der Waals surface area contributed by atoms with E-state index in [2.05, 4.69) is 11.9 Å². The van der Waals surface area contributed by atoms with Gasteiger partial charge in [0.15, 0.2) is 11.5 Å². The topological polar surface area (TPSA) is 48.0 Å². The van der Waals surface area contributed by atoms with Crippen LogP contribution in [0.3, 0.4) is 0 Å². The van der Waals surface area contributed by atoms with Gasteiger partial charge in [-0.05, 0) is 42.3 Å². The maximum Gasteiger partial charge on any atom is 0.334 e. The first kappa shape index (κ1) is 20.0. The third-order valence-electron chi connectivity index (χ3n) is 4.98. The number of hydrogen-bond acceptors (Lipinski definition) is 5. The molecule has 0 saturated carbocycles. The number of ether oxygens (including phenoxy) is 3. The van der Waals surface area contributed by atoms with E-state index in [1.165, 1.54) is 0 Å². The van der Waals surface area contributed by atoms with E-state index in [1.807, 2.05) is 48.5 Å². The second-order valence-electron chi connectivity index (χ2n) is 6.89. The lowest BCUT2D eigenvalue weighted by atomic mass is 9.94.